The molecule has 0 saturated heterocycles. The fourth-order valence-electron chi connectivity index (χ4n) is 0.389. The number of aromatic nitrogens is 2. The van der Waals surface area contributed by atoms with Crippen LogP contribution < -0.4 is 11.3 Å². The summed E-state index contributed by atoms with van der Waals surface area (Å²) in [6.07, 6.45) is 0. The Kier molecular flexibility index (Phi) is 1.78. The van der Waals surface area contributed by atoms with Crippen molar-refractivity contribution in [1.82, 2.24) is 15.6 Å². The van der Waals surface area contributed by atoms with E-state index in [2.05, 4.69) is 26.8 Å². The molecule has 6 nitrogen and oxygen atoms in total. The first-order valence-electron chi connectivity index (χ1n) is 2.30. The molecule has 0 aliphatic rings. The number of nitrogen functional groups attached to an aromatic ring is 1. The Morgan fingerprint density at radius 2 is 2.60 bits per heavy atom. The number of carbonyl (C=O) groups is 1. The molecule has 0 aliphatic heterocycles. The summed E-state index contributed by atoms with van der Waals surface area (Å²) in [5.74, 6) is 3.97. The fraction of sp³-hybridized carbons (Fsp3) is 0. The second-order valence-corrected chi connectivity index (χ2v) is 1.76. The molecular formula is C3H4N4O2S. The lowest BCUT2D eigenvalue weighted by Gasteiger charge is -1.87. The summed E-state index contributed by atoms with van der Waals surface area (Å²) in [5.41, 5.74) is 1.83. The number of aromatic amines is 1. The number of hydrogen-bond donors (Lipinski definition) is 3. The maximum atomic E-state index is 10.6. The van der Waals surface area contributed by atoms with Crippen LogP contribution in [0.1, 0.15) is 10.7 Å². The van der Waals surface area contributed by atoms with E-state index in [1.165, 1.54) is 0 Å². The Hall–Kier alpha value is -1.21. The number of rotatable bonds is 1. The maximum absolute atomic E-state index is 10.6. The lowest BCUT2D eigenvalue weighted by atomic mass is 10.6. The molecule has 0 radical (unpaired) electrons. The quantitative estimate of drug-likeness (QED) is 0.219. The molecule has 0 fully saturated rings. The van der Waals surface area contributed by atoms with Crippen LogP contribution in [0.2, 0.25) is 0 Å². The van der Waals surface area contributed by atoms with Gasteiger partial charge in [0.15, 0.2) is 0 Å². The summed E-state index contributed by atoms with van der Waals surface area (Å²) in [7, 11) is 0. The first-order valence-corrected chi connectivity index (χ1v) is 2.71. The molecule has 10 heavy (non-hydrogen) atoms. The van der Waals surface area contributed by atoms with Gasteiger partial charge in [-0.15, -0.1) is 5.10 Å². The van der Waals surface area contributed by atoms with Crippen LogP contribution in [0.25, 0.3) is 0 Å². The van der Waals surface area contributed by atoms with E-state index in [-0.39, 0.29) is 10.7 Å². The van der Waals surface area contributed by atoms with E-state index in [1.54, 1.807) is 0 Å². The van der Waals surface area contributed by atoms with Crippen LogP contribution in [0.3, 0.4) is 0 Å². The van der Waals surface area contributed by atoms with Crippen molar-refractivity contribution in [2.45, 2.75) is 0 Å². The van der Waals surface area contributed by atoms with Gasteiger partial charge in [-0.3, -0.25) is 10.2 Å². The molecule has 0 saturated carbocycles. The summed E-state index contributed by atoms with van der Waals surface area (Å²) in [5, 5.41) is 5.66. The standard InChI is InChI=1S/C3H4N4O2S/c4-5-1(8)2-6-7-3(10)9-2/h4H2,(H,5,8)(H,7,10). The van der Waals surface area contributed by atoms with Gasteiger partial charge in [0, 0.05) is 0 Å². The summed E-state index contributed by atoms with van der Waals surface area (Å²) in [6.45, 7) is 0. The molecular weight excluding hydrogens is 156 g/mol. The first kappa shape index (κ1) is 6.90. The number of hydrogen-bond acceptors (Lipinski definition) is 5. The molecule has 1 aromatic heterocycles. The Morgan fingerprint density at radius 3 is 3.00 bits per heavy atom. The third-order valence-corrected chi connectivity index (χ3v) is 0.938. The molecule has 4 N–H and O–H groups in total. The zero-order valence-electron chi connectivity index (χ0n) is 4.75. The Bertz CT molecular complexity index is 289. The van der Waals surface area contributed by atoms with Gasteiger partial charge in [-0.05, 0) is 12.2 Å². The second-order valence-electron chi connectivity index (χ2n) is 1.39. The van der Waals surface area contributed by atoms with Gasteiger partial charge in [0.2, 0.25) is 0 Å². The van der Waals surface area contributed by atoms with Crippen LogP contribution in [-0.2, 0) is 0 Å². The van der Waals surface area contributed by atoms with Crippen LogP contribution in [0, 0.1) is 4.84 Å². The van der Waals surface area contributed by atoms with Crippen molar-refractivity contribution in [2.75, 3.05) is 0 Å². The molecule has 0 bridgehead atoms. The average Bonchev–Trinajstić information content (AvgIpc) is 2.34. The number of H-pyrrole nitrogens is 1. The monoisotopic (exact) mass is 160 g/mol. The fourth-order valence-corrected chi connectivity index (χ4v) is 0.513. The van der Waals surface area contributed by atoms with Gasteiger partial charge in [0.1, 0.15) is 0 Å². The minimum atomic E-state index is -0.618. The van der Waals surface area contributed by atoms with Gasteiger partial charge in [0.25, 0.3) is 4.84 Å². The molecule has 7 heteroatoms. The molecule has 1 rings (SSSR count). The molecule has 0 unspecified atom stereocenters. The number of hydrazine groups is 1. The van der Waals surface area contributed by atoms with Crippen LogP contribution in [0.4, 0.5) is 0 Å². The molecule has 0 spiro atoms. The molecule has 0 aliphatic carbocycles. The summed E-state index contributed by atoms with van der Waals surface area (Å²) in [6, 6.07) is 0. The Balaban J connectivity index is 2.95. The third kappa shape index (κ3) is 1.20. The minimum absolute atomic E-state index is 0.0404. The normalized spacial score (nSPS) is 9.30. The van der Waals surface area contributed by atoms with Crippen LogP contribution in [0.5, 0.6) is 0 Å². The van der Waals surface area contributed by atoms with Gasteiger partial charge in [0.05, 0.1) is 0 Å². The van der Waals surface area contributed by atoms with Crippen molar-refractivity contribution in [1.29, 1.82) is 0 Å². The lowest BCUT2D eigenvalue weighted by Crippen LogP contribution is -2.30. The summed E-state index contributed by atoms with van der Waals surface area (Å²) < 4.78 is 4.59. The number of amides is 1. The highest BCUT2D eigenvalue weighted by molar-refractivity contribution is 7.71. The van der Waals surface area contributed by atoms with Gasteiger partial charge < -0.3 is 4.42 Å². The van der Waals surface area contributed by atoms with E-state index in [1.807, 2.05) is 5.43 Å². The number of nitrogens with two attached hydrogens (primary N) is 1. The zero-order valence-corrected chi connectivity index (χ0v) is 5.57. The zero-order chi connectivity index (χ0) is 7.56. The number of nitrogens with one attached hydrogen (secondary N) is 2. The predicted octanol–water partition coefficient (Wildman–Crippen LogP) is -0.664. The van der Waals surface area contributed by atoms with Crippen LogP contribution >= 0.6 is 12.2 Å². The Labute approximate surface area is 60.4 Å². The van der Waals surface area contributed by atoms with Crippen molar-refractivity contribution in [2.24, 2.45) is 5.84 Å². The third-order valence-electron chi connectivity index (χ3n) is 0.763. The van der Waals surface area contributed by atoms with Crippen LogP contribution in [-0.4, -0.2) is 16.1 Å². The summed E-state index contributed by atoms with van der Waals surface area (Å²) >= 11 is 4.49. The minimum Gasteiger partial charge on any atom is -0.405 e. The van der Waals surface area contributed by atoms with E-state index in [0.717, 1.165) is 0 Å². The molecule has 0 atom stereocenters. The van der Waals surface area contributed by atoms with Crippen molar-refractivity contribution in [3.05, 3.63) is 10.7 Å². The van der Waals surface area contributed by atoms with E-state index in [9.17, 15) is 4.79 Å². The molecule has 1 aromatic rings. The maximum Gasteiger partial charge on any atom is 0.322 e. The smallest absolute Gasteiger partial charge is 0.322 e. The van der Waals surface area contributed by atoms with Gasteiger partial charge in [-0.2, -0.15) is 0 Å². The number of carbonyl (C=O) groups excluding carboxylic acids is 1. The highest BCUT2D eigenvalue weighted by Crippen LogP contribution is 1.91. The SMILES string of the molecule is NNC(=O)c1n[nH]c(=S)o1. The van der Waals surface area contributed by atoms with Crippen molar-refractivity contribution >= 4 is 18.1 Å². The largest absolute Gasteiger partial charge is 0.405 e. The van der Waals surface area contributed by atoms with E-state index in [0.29, 0.717) is 0 Å². The highest BCUT2D eigenvalue weighted by atomic mass is 32.1. The molecule has 1 heterocycles. The van der Waals surface area contributed by atoms with Gasteiger partial charge in [-0.25, -0.2) is 10.9 Å². The lowest BCUT2D eigenvalue weighted by molar-refractivity contribution is 0.0918. The number of nitrogens with zero attached hydrogens (tertiary/aromatic N) is 1. The Morgan fingerprint density at radius 1 is 1.90 bits per heavy atom. The molecule has 0 aromatic carbocycles. The van der Waals surface area contributed by atoms with Crippen molar-refractivity contribution in [3.63, 3.8) is 0 Å². The first-order chi connectivity index (χ1) is 4.74. The topological polar surface area (TPSA) is 96.9 Å². The molecule has 1 amide bonds. The van der Waals surface area contributed by atoms with Crippen molar-refractivity contribution < 1.29 is 9.21 Å². The summed E-state index contributed by atoms with van der Waals surface area (Å²) in [4.78, 5) is 10.6. The van der Waals surface area contributed by atoms with E-state index < -0.39 is 5.91 Å². The second kappa shape index (κ2) is 2.58. The van der Waals surface area contributed by atoms with Crippen LogP contribution in [0.15, 0.2) is 4.42 Å². The molecule has 54 valence electrons. The average molecular weight is 160 g/mol. The van der Waals surface area contributed by atoms with Gasteiger partial charge >= 0.3 is 11.8 Å². The van der Waals surface area contributed by atoms with E-state index in [4.69, 9.17) is 5.84 Å². The highest BCUT2D eigenvalue weighted by Gasteiger charge is 2.08. The van der Waals surface area contributed by atoms with Crippen molar-refractivity contribution in [3.8, 4) is 0 Å². The predicted molar refractivity (Wildman–Crippen MR) is 33.3 cm³/mol. The van der Waals surface area contributed by atoms with Gasteiger partial charge in [-0.1, -0.05) is 0 Å². The van der Waals surface area contributed by atoms with E-state index >= 15 is 0 Å².